The highest BCUT2D eigenvalue weighted by atomic mass is 19.1. The number of rotatable bonds is 6. The Balaban J connectivity index is 2.40. The van der Waals surface area contributed by atoms with E-state index in [0.717, 1.165) is 24.6 Å². The van der Waals surface area contributed by atoms with E-state index in [1.54, 1.807) is 19.2 Å². The summed E-state index contributed by atoms with van der Waals surface area (Å²) in [5, 5.41) is 7.53. The van der Waals surface area contributed by atoms with Crippen molar-refractivity contribution in [1.82, 2.24) is 15.1 Å². The van der Waals surface area contributed by atoms with Crippen LogP contribution in [0.15, 0.2) is 24.5 Å². The van der Waals surface area contributed by atoms with Gasteiger partial charge in [-0.1, -0.05) is 13.8 Å². The molecule has 0 aliphatic rings. The van der Waals surface area contributed by atoms with E-state index in [1.807, 2.05) is 17.8 Å². The highest BCUT2D eigenvalue weighted by Crippen LogP contribution is 2.26. The van der Waals surface area contributed by atoms with E-state index in [4.69, 9.17) is 0 Å². The molecule has 0 amide bonds. The lowest BCUT2D eigenvalue weighted by Gasteiger charge is -2.18. The fraction of sp³-hybridized carbons (Fsp3) is 0.438. The van der Waals surface area contributed by atoms with Crippen molar-refractivity contribution >= 4 is 0 Å². The molecule has 0 aliphatic heterocycles. The number of halogens is 2. The van der Waals surface area contributed by atoms with E-state index in [0.29, 0.717) is 17.7 Å². The van der Waals surface area contributed by atoms with E-state index >= 15 is 0 Å². The van der Waals surface area contributed by atoms with Gasteiger partial charge in [0.15, 0.2) is 0 Å². The largest absolute Gasteiger partial charge is 0.306 e. The van der Waals surface area contributed by atoms with Crippen molar-refractivity contribution in [2.24, 2.45) is 0 Å². The number of nitrogens with zero attached hydrogens (tertiary/aromatic N) is 2. The topological polar surface area (TPSA) is 29.9 Å². The zero-order valence-electron chi connectivity index (χ0n) is 12.7. The van der Waals surface area contributed by atoms with Crippen LogP contribution in [0.3, 0.4) is 0 Å². The molecule has 1 heterocycles. The molecule has 0 fully saturated rings. The predicted molar refractivity (Wildman–Crippen MR) is 79.1 cm³/mol. The minimum absolute atomic E-state index is 0.320. The maximum atomic E-state index is 14.1. The molecule has 2 rings (SSSR count). The van der Waals surface area contributed by atoms with Gasteiger partial charge in [0.2, 0.25) is 0 Å². The fourth-order valence-electron chi connectivity index (χ4n) is 2.39. The van der Waals surface area contributed by atoms with Crippen LogP contribution >= 0.6 is 0 Å². The van der Waals surface area contributed by atoms with Crippen LogP contribution in [0.4, 0.5) is 8.78 Å². The normalized spacial score (nSPS) is 12.6. The van der Waals surface area contributed by atoms with Gasteiger partial charge < -0.3 is 5.32 Å². The fourth-order valence-corrected chi connectivity index (χ4v) is 2.39. The van der Waals surface area contributed by atoms with Crippen molar-refractivity contribution in [3.05, 3.63) is 52.9 Å². The summed E-state index contributed by atoms with van der Waals surface area (Å²) >= 11 is 0. The summed E-state index contributed by atoms with van der Waals surface area (Å²) in [5.41, 5.74) is 1.78. The first-order valence-corrected chi connectivity index (χ1v) is 7.28. The molecule has 0 spiro atoms. The van der Waals surface area contributed by atoms with Gasteiger partial charge >= 0.3 is 0 Å². The van der Waals surface area contributed by atoms with Crippen LogP contribution in [0.25, 0.3) is 0 Å². The molecule has 1 aromatic heterocycles. The van der Waals surface area contributed by atoms with Gasteiger partial charge in [0.05, 0.1) is 12.2 Å². The number of aromatic nitrogens is 2. The molecular weight excluding hydrogens is 272 g/mol. The molecule has 0 radical (unpaired) electrons. The van der Waals surface area contributed by atoms with Gasteiger partial charge in [-0.25, -0.2) is 8.78 Å². The molecule has 2 aromatic rings. The molecule has 1 aromatic carbocycles. The van der Waals surface area contributed by atoms with Gasteiger partial charge in [0.25, 0.3) is 0 Å². The summed E-state index contributed by atoms with van der Waals surface area (Å²) < 4.78 is 29.4. The van der Waals surface area contributed by atoms with Gasteiger partial charge in [-0.2, -0.15) is 5.10 Å². The minimum atomic E-state index is -0.535. The van der Waals surface area contributed by atoms with Crippen LogP contribution in [-0.2, 0) is 6.54 Å². The molecule has 1 atom stereocenters. The first-order chi connectivity index (χ1) is 10.1. The van der Waals surface area contributed by atoms with E-state index in [-0.39, 0.29) is 6.04 Å². The average Bonchev–Trinajstić information content (AvgIpc) is 2.89. The Hall–Kier alpha value is -1.75. The van der Waals surface area contributed by atoms with Crippen molar-refractivity contribution < 1.29 is 8.78 Å². The maximum absolute atomic E-state index is 14.1. The molecule has 3 nitrogen and oxygen atoms in total. The van der Waals surface area contributed by atoms with Crippen molar-refractivity contribution in [3.63, 3.8) is 0 Å². The van der Waals surface area contributed by atoms with Gasteiger partial charge in [0, 0.05) is 29.9 Å². The van der Waals surface area contributed by atoms with Crippen molar-refractivity contribution in [2.75, 3.05) is 6.54 Å². The first kappa shape index (κ1) is 15.6. The summed E-state index contributed by atoms with van der Waals surface area (Å²) in [6, 6.07) is 2.19. The number of nitrogens with one attached hydrogen (secondary N) is 1. The monoisotopic (exact) mass is 293 g/mol. The van der Waals surface area contributed by atoms with E-state index < -0.39 is 11.6 Å². The number of hydrogen-bond acceptors (Lipinski definition) is 2. The van der Waals surface area contributed by atoms with Gasteiger partial charge in [-0.05, 0) is 31.5 Å². The number of hydrogen-bond donors (Lipinski definition) is 1. The maximum Gasteiger partial charge on any atom is 0.131 e. The molecule has 0 saturated carbocycles. The second-order valence-corrected chi connectivity index (χ2v) is 5.15. The summed E-state index contributed by atoms with van der Waals surface area (Å²) in [5.74, 6) is -1.06. The number of benzene rings is 1. The highest BCUT2D eigenvalue weighted by Gasteiger charge is 2.20. The Kier molecular flexibility index (Phi) is 5.07. The molecule has 0 aliphatic carbocycles. The second-order valence-electron chi connectivity index (χ2n) is 5.15. The van der Waals surface area contributed by atoms with Crippen LogP contribution in [0.1, 0.15) is 43.0 Å². The van der Waals surface area contributed by atoms with Crippen molar-refractivity contribution in [3.8, 4) is 0 Å². The summed E-state index contributed by atoms with van der Waals surface area (Å²) in [4.78, 5) is 0. The highest BCUT2D eigenvalue weighted by molar-refractivity contribution is 5.34. The Morgan fingerprint density at radius 2 is 2.00 bits per heavy atom. The summed E-state index contributed by atoms with van der Waals surface area (Å²) in [6.45, 7) is 7.18. The summed E-state index contributed by atoms with van der Waals surface area (Å²) in [6.07, 6.45) is 4.63. The molecule has 21 heavy (non-hydrogen) atoms. The average molecular weight is 293 g/mol. The van der Waals surface area contributed by atoms with Crippen molar-refractivity contribution in [2.45, 2.75) is 39.8 Å². The van der Waals surface area contributed by atoms with Gasteiger partial charge in [-0.15, -0.1) is 0 Å². The van der Waals surface area contributed by atoms with Gasteiger partial charge in [-0.3, -0.25) is 4.68 Å². The molecular formula is C16H21F2N3. The van der Waals surface area contributed by atoms with E-state index in [9.17, 15) is 8.78 Å². The molecule has 1 unspecified atom stereocenters. The zero-order chi connectivity index (χ0) is 15.4. The third-order valence-electron chi connectivity index (χ3n) is 3.44. The Bertz CT molecular complexity index is 608. The third-order valence-corrected chi connectivity index (χ3v) is 3.44. The number of aryl methyl sites for hydroxylation is 2. The standard InChI is InChI=1S/C16H21F2N3/c1-4-6-21-10-12(9-20-21)16(19-5-2)13-7-11(3)14(17)8-15(13)18/h7-10,16,19H,4-6H2,1-3H3. The molecule has 114 valence electrons. The Labute approximate surface area is 124 Å². The van der Waals surface area contributed by atoms with Crippen LogP contribution in [0.5, 0.6) is 0 Å². The zero-order valence-corrected chi connectivity index (χ0v) is 12.7. The van der Waals surface area contributed by atoms with Crippen LogP contribution in [-0.4, -0.2) is 16.3 Å². The van der Waals surface area contributed by atoms with Crippen molar-refractivity contribution in [1.29, 1.82) is 0 Å². The van der Waals surface area contributed by atoms with Gasteiger partial charge in [0.1, 0.15) is 11.6 Å². The summed E-state index contributed by atoms with van der Waals surface area (Å²) in [7, 11) is 0. The smallest absolute Gasteiger partial charge is 0.131 e. The van der Waals surface area contributed by atoms with Crippen LogP contribution in [0, 0.1) is 18.6 Å². The van der Waals surface area contributed by atoms with Crippen LogP contribution in [0.2, 0.25) is 0 Å². The third kappa shape index (κ3) is 3.47. The van der Waals surface area contributed by atoms with E-state index in [2.05, 4.69) is 17.3 Å². The quantitative estimate of drug-likeness (QED) is 0.882. The molecule has 0 saturated heterocycles. The van der Waals surface area contributed by atoms with Crippen LogP contribution < -0.4 is 5.32 Å². The SMILES string of the molecule is CCCn1cc(C(NCC)c2cc(C)c(F)cc2F)cn1. The molecule has 5 heteroatoms. The predicted octanol–water partition coefficient (Wildman–Crippen LogP) is 3.58. The molecule has 0 bridgehead atoms. The molecule has 1 N–H and O–H groups in total. The lowest BCUT2D eigenvalue weighted by atomic mass is 9.99. The minimum Gasteiger partial charge on any atom is -0.306 e. The lowest BCUT2D eigenvalue weighted by molar-refractivity contribution is 0.537. The second kappa shape index (κ2) is 6.80. The first-order valence-electron chi connectivity index (χ1n) is 7.28. The lowest BCUT2D eigenvalue weighted by Crippen LogP contribution is -2.23. The Morgan fingerprint density at radius 1 is 1.24 bits per heavy atom. The Morgan fingerprint density at radius 3 is 2.67 bits per heavy atom. The van der Waals surface area contributed by atoms with E-state index in [1.165, 1.54) is 0 Å².